The number of thiophene rings is 1. The molecule has 1 amide bonds. The second kappa shape index (κ2) is 9.78. The molecule has 0 aliphatic rings. The van der Waals surface area contributed by atoms with Gasteiger partial charge in [-0.25, -0.2) is 4.79 Å². The molecule has 0 radical (unpaired) electrons. The Labute approximate surface area is 185 Å². The Hall–Kier alpha value is -3.13. The highest BCUT2D eigenvalue weighted by Gasteiger charge is 2.22. The summed E-state index contributed by atoms with van der Waals surface area (Å²) in [5.74, 6) is 0.820. The summed E-state index contributed by atoms with van der Waals surface area (Å²) in [6.45, 7) is 9.91. The van der Waals surface area contributed by atoms with Crippen LogP contribution in [0.5, 0.6) is 5.75 Å². The number of hydrogen-bond acceptors (Lipinski definition) is 7. The Balaban J connectivity index is 1.61. The number of hydrogen-bond donors (Lipinski definition) is 1. The molecule has 2 aromatic heterocycles. The number of esters is 1. The molecule has 0 atom stereocenters. The first-order chi connectivity index (χ1) is 14.8. The van der Waals surface area contributed by atoms with Gasteiger partial charge in [0.15, 0.2) is 0 Å². The lowest BCUT2D eigenvalue weighted by molar-refractivity contribution is -0.115. The van der Waals surface area contributed by atoms with Crippen LogP contribution in [0.25, 0.3) is 0 Å². The average Bonchev–Trinajstić information content (AvgIpc) is 3.19. The van der Waals surface area contributed by atoms with E-state index >= 15 is 0 Å². The molecule has 0 unspecified atom stereocenters. The number of nitrogens with one attached hydrogen (secondary N) is 1. The number of nitrogens with zero attached hydrogens (tertiary/aromatic N) is 1. The van der Waals surface area contributed by atoms with E-state index in [0.29, 0.717) is 22.9 Å². The summed E-state index contributed by atoms with van der Waals surface area (Å²) in [6.07, 6.45) is 0.183. The first-order valence-electron chi connectivity index (χ1n) is 10.0. The maximum Gasteiger partial charge on any atom is 0.341 e. The Kier molecular flexibility index (Phi) is 7.12. The van der Waals surface area contributed by atoms with E-state index in [2.05, 4.69) is 10.5 Å². The highest BCUT2D eigenvalue weighted by molar-refractivity contribution is 7.16. The van der Waals surface area contributed by atoms with Gasteiger partial charge in [0, 0.05) is 4.88 Å². The lowest BCUT2D eigenvalue weighted by Gasteiger charge is -2.09. The van der Waals surface area contributed by atoms with Crippen molar-refractivity contribution in [2.45, 2.75) is 47.6 Å². The molecule has 164 valence electrons. The van der Waals surface area contributed by atoms with Crippen LogP contribution in [0, 0.1) is 27.7 Å². The third-order valence-corrected chi connectivity index (χ3v) is 6.09. The fraction of sp³-hybridized carbons (Fsp3) is 0.348. The zero-order valence-electron chi connectivity index (χ0n) is 18.3. The first-order valence-corrected chi connectivity index (χ1v) is 10.8. The maximum atomic E-state index is 12.6. The molecule has 31 heavy (non-hydrogen) atoms. The Morgan fingerprint density at radius 1 is 1.13 bits per heavy atom. The van der Waals surface area contributed by atoms with Gasteiger partial charge in [0.1, 0.15) is 23.1 Å². The lowest BCUT2D eigenvalue weighted by atomic mass is 10.1. The second-order valence-electron chi connectivity index (χ2n) is 7.17. The third kappa shape index (κ3) is 5.32. The van der Waals surface area contributed by atoms with Crippen molar-refractivity contribution < 1.29 is 23.6 Å². The number of carbonyl (C=O) groups is 2. The number of ether oxygens (including phenoxy) is 2. The molecule has 0 fully saturated rings. The SMILES string of the molecule is CCOC(=O)c1c(NC(=O)Cc2ccc(OCc3c(C)noc3C)cc2)sc(C)c1C. The topological polar surface area (TPSA) is 90.7 Å². The largest absolute Gasteiger partial charge is 0.489 e. The van der Waals surface area contributed by atoms with Gasteiger partial charge in [0.25, 0.3) is 0 Å². The first kappa shape index (κ1) is 22.6. The van der Waals surface area contributed by atoms with Crippen molar-refractivity contribution in [1.82, 2.24) is 5.16 Å². The van der Waals surface area contributed by atoms with Crippen LogP contribution in [-0.2, 0) is 22.6 Å². The molecule has 3 aromatic rings. The average molecular weight is 443 g/mol. The molecule has 3 rings (SSSR count). The zero-order valence-corrected chi connectivity index (χ0v) is 19.1. The molecule has 0 aliphatic carbocycles. The number of carbonyl (C=O) groups excluding carboxylic acids is 2. The molecule has 0 aliphatic heterocycles. The van der Waals surface area contributed by atoms with E-state index in [9.17, 15) is 9.59 Å². The summed E-state index contributed by atoms with van der Waals surface area (Å²) >= 11 is 1.38. The minimum atomic E-state index is -0.417. The summed E-state index contributed by atoms with van der Waals surface area (Å²) in [5.41, 5.74) is 3.85. The van der Waals surface area contributed by atoms with Crippen molar-refractivity contribution in [2.24, 2.45) is 0 Å². The number of amides is 1. The van der Waals surface area contributed by atoms with E-state index in [1.807, 2.05) is 52.0 Å². The van der Waals surface area contributed by atoms with Gasteiger partial charge in [-0.2, -0.15) is 0 Å². The van der Waals surface area contributed by atoms with Crippen LogP contribution in [0.4, 0.5) is 5.00 Å². The van der Waals surface area contributed by atoms with Gasteiger partial charge in [-0.1, -0.05) is 17.3 Å². The minimum Gasteiger partial charge on any atom is -0.489 e. The van der Waals surface area contributed by atoms with Gasteiger partial charge in [-0.05, 0) is 57.9 Å². The van der Waals surface area contributed by atoms with E-state index in [0.717, 1.165) is 33.0 Å². The van der Waals surface area contributed by atoms with Crippen LogP contribution in [0.1, 0.15) is 50.3 Å². The highest BCUT2D eigenvalue weighted by atomic mass is 32.1. The summed E-state index contributed by atoms with van der Waals surface area (Å²) < 4.78 is 16.1. The lowest BCUT2D eigenvalue weighted by Crippen LogP contribution is -2.16. The smallest absolute Gasteiger partial charge is 0.341 e. The molecule has 0 bridgehead atoms. The van der Waals surface area contributed by atoms with Crippen LogP contribution in [0.2, 0.25) is 0 Å². The van der Waals surface area contributed by atoms with E-state index in [4.69, 9.17) is 14.0 Å². The standard InChI is InChI=1S/C23H26N2O5S/c1-6-28-23(27)21-13(2)16(5)31-22(21)24-20(26)11-17-7-9-18(10-8-17)29-12-19-14(3)25-30-15(19)4/h7-10H,6,11-12H2,1-5H3,(H,24,26). The van der Waals surface area contributed by atoms with Crippen LogP contribution in [-0.4, -0.2) is 23.6 Å². The Morgan fingerprint density at radius 2 is 1.84 bits per heavy atom. The predicted molar refractivity (Wildman–Crippen MR) is 119 cm³/mol. The Bertz CT molecular complexity index is 1060. The van der Waals surface area contributed by atoms with Crippen molar-refractivity contribution in [3.63, 3.8) is 0 Å². The van der Waals surface area contributed by atoms with E-state index in [1.54, 1.807) is 6.92 Å². The monoisotopic (exact) mass is 442 g/mol. The summed E-state index contributed by atoms with van der Waals surface area (Å²) in [7, 11) is 0. The number of rotatable bonds is 8. The zero-order chi connectivity index (χ0) is 22.5. The molecular formula is C23H26N2O5S. The molecule has 0 saturated carbocycles. The van der Waals surface area contributed by atoms with Crippen LogP contribution < -0.4 is 10.1 Å². The van der Waals surface area contributed by atoms with Crippen molar-refractivity contribution in [3.8, 4) is 5.75 Å². The number of aryl methyl sites for hydroxylation is 3. The van der Waals surface area contributed by atoms with Crippen molar-refractivity contribution in [2.75, 3.05) is 11.9 Å². The van der Waals surface area contributed by atoms with Gasteiger partial charge in [-0.15, -0.1) is 11.3 Å². The van der Waals surface area contributed by atoms with Gasteiger partial charge >= 0.3 is 5.97 Å². The molecule has 0 spiro atoms. The van der Waals surface area contributed by atoms with Gasteiger partial charge in [0.2, 0.25) is 5.91 Å². The fourth-order valence-corrected chi connectivity index (χ4v) is 4.15. The van der Waals surface area contributed by atoms with Crippen molar-refractivity contribution in [3.05, 3.63) is 62.9 Å². The molecule has 1 N–H and O–H groups in total. The number of benzene rings is 1. The number of aromatic nitrogens is 1. The van der Waals surface area contributed by atoms with E-state index in [1.165, 1.54) is 11.3 Å². The summed E-state index contributed by atoms with van der Waals surface area (Å²) in [6, 6.07) is 7.34. The van der Waals surface area contributed by atoms with Crippen LogP contribution in [0.3, 0.4) is 0 Å². The van der Waals surface area contributed by atoms with E-state index in [-0.39, 0.29) is 18.9 Å². The van der Waals surface area contributed by atoms with Crippen LogP contribution >= 0.6 is 11.3 Å². The van der Waals surface area contributed by atoms with Crippen molar-refractivity contribution in [1.29, 1.82) is 0 Å². The summed E-state index contributed by atoms with van der Waals surface area (Å²) in [5, 5.41) is 7.30. The second-order valence-corrected chi connectivity index (χ2v) is 8.39. The molecular weight excluding hydrogens is 416 g/mol. The normalized spacial score (nSPS) is 10.7. The fourth-order valence-electron chi connectivity index (χ4n) is 3.09. The molecule has 1 aromatic carbocycles. The maximum absolute atomic E-state index is 12.6. The van der Waals surface area contributed by atoms with Gasteiger partial charge < -0.3 is 19.3 Å². The third-order valence-electron chi connectivity index (χ3n) is 4.97. The number of anilines is 1. The highest BCUT2D eigenvalue weighted by Crippen LogP contribution is 2.33. The molecule has 7 nitrogen and oxygen atoms in total. The molecule has 0 saturated heterocycles. The minimum absolute atomic E-state index is 0.183. The van der Waals surface area contributed by atoms with Crippen molar-refractivity contribution >= 4 is 28.2 Å². The van der Waals surface area contributed by atoms with Gasteiger partial charge in [0.05, 0.1) is 29.8 Å². The van der Waals surface area contributed by atoms with E-state index < -0.39 is 5.97 Å². The van der Waals surface area contributed by atoms with Crippen LogP contribution in [0.15, 0.2) is 28.8 Å². The van der Waals surface area contributed by atoms with Gasteiger partial charge in [-0.3, -0.25) is 4.79 Å². The Morgan fingerprint density at radius 3 is 2.45 bits per heavy atom. The molecule has 2 heterocycles. The molecule has 8 heteroatoms. The quantitative estimate of drug-likeness (QED) is 0.499. The summed E-state index contributed by atoms with van der Waals surface area (Å²) in [4.78, 5) is 25.8. The predicted octanol–water partition coefficient (Wildman–Crippen LogP) is 4.91.